The SMILES string of the molecule is N#Cc1cc(CCl)cc(CC(=O)O)c1Cl. The molecule has 1 aromatic carbocycles. The molecular weight excluding hydrogens is 237 g/mol. The van der Waals surface area contributed by atoms with Gasteiger partial charge >= 0.3 is 5.97 Å². The van der Waals surface area contributed by atoms with E-state index in [9.17, 15) is 4.79 Å². The van der Waals surface area contributed by atoms with Gasteiger partial charge in [0, 0.05) is 5.88 Å². The Labute approximate surface area is 96.8 Å². The van der Waals surface area contributed by atoms with Gasteiger partial charge in [0.25, 0.3) is 0 Å². The Balaban J connectivity index is 3.25. The van der Waals surface area contributed by atoms with Crippen LogP contribution in [0.1, 0.15) is 16.7 Å². The molecule has 0 spiro atoms. The van der Waals surface area contributed by atoms with Crippen molar-refractivity contribution in [1.29, 1.82) is 5.26 Å². The van der Waals surface area contributed by atoms with Gasteiger partial charge in [0.2, 0.25) is 0 Å². The molecule has 0 fully saturated rings. The normalized spacial score (nSPS) is 9.67. The molecule has 1 N–H and O–H groups in total. The molecule has 0 aliphatic rings. The van der Waals surface area contributed by atoms with Gasteiger partial charge in [0.1, 0.15) is 6.07 Å². The van der Waals surface area contributed by atoms with Gasteiger partial charge in [-0.15, -0.1) is 11.6 Å². The molecular formula is C10H7Cl2NO2. The van der Waals surface area contributed by atoms with E-state index in [0.717, 1.165) is 0 Å². The van der Waals surface area contributed by atoms with E-state index in [1.807, 2.05) is 6.07 Å². The van der Waals surface area contributed by atoms with Gasteiger partial charge in [0.05, 0.1) is 17.0 Å². The van der Waals surface area contributed by atoms with Gasteiger partial charge in [-0.05, 0) is 17.2 Å². The van der Waals surface area contributed by atoms with Gasteiger partial charge in [0.15, 0.2) is 0 Å². The maximum absolute atomic E-state index is 10.5. The van der Waals surface area contributed by atoms with Crippen LogP contribution in [0, 0.1) is 11.3 Å². The highest BCUT2D eigenvalue weighted by molar-refractivity contribution is 6.32. The molecule has 0 bridgehead atoms. The quantitative estimate of drug-likeness (QED) is 0.831. The maximum Gasteiger partial charge on any atom is 0.307 e. The number of carboxylic acids is 1. The number of aliphatic carboxylic acids is 1. The van der Waals surface area contributed by atoms with E-state index in [2.05, 4.69) is 0 Å². The molecule has 0 atom stereocenters. The van der Waals surface area contributed by atoms with Crippen LogP contribution in [0.5, 0.6) is 0 Å². The number of carboxylic acid groups (broad SMARTS) is 1. The summed E-state index contributed by atoms with van der Waals surface area (Å²) >= 11 is 11.5. The molecule has 0 heterocycles. The lowest BCUT2D eigenvalue weighted by molar-refractivity contribution is -0.136. The minimum absolute atomic E-state index is 0.189. The van der Waals surface area contributed by atoms with Crippen molar-refractivity contribution in [3.8, 4) is 6.07 Å². The van der Waals surface area contributed by atoms with Crippen molar-refractivity contribution in [2.45, 2.75) is 12.3 Å². The zero-order valence-electron chi connectivity index (χ0n) is 7.63. The minimum Gasteiger partial charge on any atom is -0.481 e. The first-order chi connectivity index (χ1) is 7.08. The summed E-state index contributed by atoms with van der Waals surface area (Å²) in [7, 11) is 0. The Morgan fingerprint density at radius 2 is 2.20 bits per heavy atom. The van der Waals surface area contributed by atoms with E-state index >= 15 is 0 Å². The Hall–Kier alpha value is -1.24. The molecule has 0 amide bonds. The number of hydrogen-bond acceptors (Lipinski definition) is 2. The summed E-state index contributed by atoms with van der Waals surface area (Å²) in [5, 5.41) is 17.6. The highest BCUT2D eigenvalue weighted by Crippen LogP contribution is 2.24. The van der Waals surface area contributed by atoms with Crippen LogP contribution >= 0.6 is 23.2 Å². The standard InChI is InChI=1S/C10H7Cl2NO2/c11-4-6-1-7(3-9(14)15)10(12)8(2-6)5-13/h1-2H,3-4H2,(H,14,15). The van der Waals surface area contributed by atoms with Gasteiger partial charge in [-0.3, -0.25) is 4.79 Å². The van der Waals surface area contributed by atoms with E-state index in [4.69, 9.17) is 33.6 Å². The van der Waals surface area contributed by atoms with Crippen molar-refractivity contribution in [3.63, 3.8) is 0 Å². The van der Waals surface area contributed by atoms with Crippen molar-refractivity contribution in [2.75, 3.05) is 0 Å². The smallest absolute Gasteiger partial charge is 0.307 e. The van der Waals surface area contributed by atoms with Crippen molar-refractivity contribution >= 4 is 29.2 Å². The number of rotatable bonds is 3. The lowest BCUT2D eigenvalue weighted by atomic mass is 10.0. The zero-order chi connectivity index (χ0) is 11.4. The fraction of sp³-hybridized carbons (Fsp3) is 0.200. The fourth-order valence-electron chi connectivity index (χ4n) is 1.20. The number of benzene rings is 1. The van der Waals surface area contributed by atoms with Gasteiger partial charge in [-0.2, -0.15) is 5.26 Å². The molecule has 0 unspecified atom stereocenters. The molecule has 0 saturated heterocycles. The average Bonchev–Trinajstić information content (AvgIpc) is 2.20. The molecule has 0 radical (unpaired) electrons. The molecule has 1 rings (SSSR count). The first-order valence-corrected chi connectivity index (χ1v) is 4.99. The summed E-state index contributed by atoms with van der Waals surface area (Å²) in [6, 6.07) is 5.06. The maximum atomic E-state index is 10.5. The molecule has 0 saturated carbocycles. The van der Waals surface area contributed by atoms with Crippen LogP contribution in [0.2, 0.25) is 5.02 Å². The Morgan fingerprint density at radius 3 is 2.67 bits per heavy atom. The van der Waals surface area contributed by atoms with Crippen molar-refractivity contribution in [1.82, 2.24) is 0 Å². The highest BCUT2D eigenvalue weighted by Gasteiger charge is 2.11. The monoisotopic (exact) mass is 243 g/mol. The molecule has 1 aromatic rings. The van der Waals surface area contributed by atoms with Crippen molar-refractivity contribution in [3.05, 3.63) is 33.8 Å². The van der Waals surface area contributed by atoms with Crippen LogP contribution in [0.4, 0.5) is 0 Å². The van der Waals surface area contributed by atoms with Gasteiger partial charge in [-0.1, -0.05) is 17.7 Å². The van der Waals surface area contributed by atoms with E-state index in [0.29, 0.717) is 11.1 Å². The van der Waals surface area contributed by atoms with E-state index in [1.165, 1.54) is 0 Å². The Bertz CT molecular complexity index is 438. The molecule has 0 aliphatic heterocycles. The molecule has 3 nitrogen and oxygen atoms in total. The van der Waals surface area contributed by atoms with Crippen LogP contribution in [-0.4, -0.2) is 11.1 Å². The van der Waals surface area contributed by atoms with Crippen LogP contribution < -0.4 is 0 Å². The number of nitrogens with zero attached hydrogens (tertiary/aromatic N) is 1. The first kappa shape index (κ1) is 11.8. The van der Waals surface area contributed by atoms with Crippen LogP contribution in [0.25, 0.3) is 0 Å². The van der Waals surface area contributed by atoms with Crippen molar-refractivity contribution < 1.29 is 9.90 Å². The second kappa shape index (κ2) is 5.01. The van der Waals surface area contributed by atoms with Gasteiger partial charge < -0.3 is 5.11 Å². The second-order valence-corrected chi connectivity index (χ2v) is 3.58. The van der Waals surface area contributed by atoms with Gasteiger partial charge in [-0.25, -0.2) is 0 Å². The predicted molar refractivity (Wildman–Crippen MR) is 57.1 cm³/mol. The van der Waals surface area contributed by atoms with E-state index in [1.54, 1.807) is 12.1 Å². The number of alkyl halides is 1. The topological polar surface area (TPSA) is 61.1 Å². The number of carbonyl (C=O) groups is 1. The summed E-state index contributed by atoms with van der Waals surface area (Å²) < 4.78 is 0. The predicted octanol–water partition coefficient (Wildman–Crippen LogP) is 2.58. The fourth-order valence-corrected chi connectivity index (χ4v) is 1.57. The summed E-state index contributed by atoms with van der Waals surface area (Å²) in [5.74, 6) is -0.772. The van der Waals surface area contributed by atoms with Crippen LogP contribution in [-0.2, 0) is 17.1 Å². The minimum atomic E-state index is -0.993. The third-order valence-electron chi connectivity index (χ3n) is 1.82. The second-order valence-electron chi connectivity index (χ2n) is 2.93. The summed E-state index contributed by atoms with van der Waals surface area (Å²) in [5.41, 5.74) is 1.36. The molecule has 0 aromatic heterocycles. The number of nitriles is 1. The third-order valence-corrected chi connectivity index (χ3v) is 2.58. The van der Waals surface area contributed by atoms with Crippen LogP contribution in [0.15, 0.2) is 12.1 Å². The average molecular weight is 244 g/mol. The van der Waals surface area contributed by atoms with E-state index < -0.39 is 5.97 Å². The summed E-state index contributed by atoms with van der Waals surface area (Å²) in [6.45, 7) is 0. The molecule has 78 valence electrons. The van der Waals surface area contributed by atoms with E-state index in [-0.39, 0.29) is 22.9 Å². The largest absolute Gasteiger partial charge is 0.481 e. The third kappa shape index (κ3) is 2.85. The summed E-state index contributed by atoms with van der Waals surface area (Å²) in [4.78, 5) is 10.5. The molecule has 0 aliphatic carbocycles. The highest BCUT2D eigenvalue weighted by atomic mass is 35.5. The number of hydrogen-bond donors (Lipinski definition) is 1. The lowest BCUT2D eigenvalue weighted by Crippen LogP contribution is -2.02. The Kier molecular flexibility index (Phi) is 3.96. The molecule has 15 heavy (non-hydrogen) atoms. The number of halogens is 2. The zero-order valence-corrected chi connectivity index (χ0v) is 9.14. The molecule has 5 heteroatoms. The summed E-state index contributed by atoms with van der Waals surface area (Å²) in [6.07, 6.45) is -0.210. The van der Waals surface area contributed by atoms with Crippen LogP contribution in [0.3, 0.4) is 0 Å². The lowest BCUT2D eigenvalue weighted by Gasteiger charge is -2.05. The van der Waals surface area contributed by atoms with Crippen molar-refractivity contribution in [2.24, 2.45) is 0 Å². The first-order valence-electron chi connectivity index (χ1n) is 4.07. The Morgan fingerprint density at radius 1 is 1.53 bits per heavy atom.